The van der Waals surface area contributed by atoms with Gasteiger partial charge in [-0.05, 0) is 61.6 Å². The molecule has 196 valence electrons. The number of nitrogens with zero attached hydrogens (tertiary/aromatic N) is 5. The van der Waals surface area contributed by atoms with Crippen LogP contribution in [0.15, 0.2) is 47.8 Å². The van der Waals surface area contributed by atoms with Crippen LogP contribution in [0.4, 0.5) is 18.9 Å². The molecular formula is C25H28F3N7OS. The van der Waals surface area contributed by atoms with Gasteiger partial charge in [-0.1, -0.05) is 11.8 Å². The molecule has 2 saturated heterocycles. The molecule has 0 saturated carbocycles. The predicted octanol–water partition coefficient (Wildman–Crippen LogP) is 3.73. The Morgan fingerprint density at radius 2 is 1.95 bits per heavy atom. The van der Waals surface area contributed by atoms with E-state index in [4.69, 9.17) is 5.73 Å². The number of carbonyl (C=O) groups is 1. The maximum absolute atomic E-state index is 13.0. The number of nitrogens with one attached hydrogen (secondary N) is 1. The normalized spacial score (nSPS) is 21.4. The zero-order chi connectivity index (χ0) is 26.2. The lowest BCUT2D eigenvalue weighted by molar-refractivity contribution is -0.137. The second kappa shape index (κ2) is 10.3. The topological polar surface area (TPSA) is 102 Å². The molecular weight excluding hydrogens is 503 g/mol. The van der Waals surface area contributed by atoms with E-state index in [0.29, 0.717) is 23.8 Å². The molecule has 0 radical (unpaired) electrons. The summed E-state index contributed by atoms with van der Waals surface area (Å²) in [5, 5.41) is 12.8. The molecule has 0 bridgehead atoms. The van der Waals surface area contributed by atoms with Crippen LogP contribution in [0, 0.1) is 5.92 Å². The number of hydrogen-bond acceptors (Lipinski definition) is 7. The van der Waals surface area contributed by atoms with Crippen molar-refractivity contribution in [3.05, 3.63) is 53.9 Å². The molecule has 2 aliphatic rings. The molecule has 1 amide bonds. The van der Waals surface area contributed by atoms with Gasteiger partial charge in [0.2, 0.25) is 0 Å². The maximum atomic E-state index is 13.0. The number of alkyl halides is 3. The fourth-order valence-electron chi connectivity index (χ4n) is 5.35. The Labute approximate surface area is 216 Å². The zero-order valence-electron chi connectivity index (χ0n) is 20.3. The van der Waals surface area contributed by atoms with Crippen molar-refractivity contribution < 1.29 is 18.0 Å². The lowest BCUT2D eigenvalue weighted by Gasteiger charge is -2.32. The van der Waals surface area contributed by atoms with Gasteiger partial charge in [0.25, 0.3) is 5.91 Å². The number of fused-ring (bicyclic) bond motifs is 1. The van der Waals surface area contributed by atoms with Gasteiger partial charge in [0.15, 0.2) is 11.0 Å². The molecule has 5 rings (SSSR count). The van der Waals surface area contributed by atoms with Gasteiger partial charge < -0.3 is 20.5 Å². The highest BCUT2D eigenvalue weighted by Crippen LogP contribution is 2.40. The summed E-state index contributed by atoms with van der Waals surface area (Å²) in [6.45, 7) is 1.80. The van der Waals surface area contributed by atoms with Crippen molar-refractivity contribution in [3.8, 4) is 11.4 Å². The lowest BCUT2D eigenvalue weighted by atomic mass is 10.0. The SMILES string of the molecule is Cn1c(SCCCC2C[C@H]3CNC[C@H]3N2c2ccc(C(F)(F)F)cc2)nnc1-c1ccc(C(N)=O)nc1. The van der Waals surface area contributed by atoms with Crippen molar-refractivity contribution in [2.24, 2.45) is 18.7 Å². The van der Waals surface area contributed by atoms with E-state index >= 15 is 0 Å². The smallest absolute Gasteiger partial charge is 0.364 e. The second-order valence-corrected chi connectivity index (χ2v) is 10.5. The molecule has 0 spiro atoms. The summed E-state index contributed by atoms with van der Waals surface area (Å²) in [7, 11) is 1.89. The van der Waals surface area contributed by atoms with E-state index in [9.17, 15) is 18.0 Å². The number of primary amides is 1. The van der Waals surface area contributed by atoms with Crippen molar-refractivity contribution in [1.29, 1.82) is 0 Å². The highest BCUT2D eigenvalue weighted by Gasteiger charge is 2.43. The average Bonchev–Trinajstić information content (AvgIpc) is 3.56. The summed E-state index contributed by atoms with van der Waals surface area (Å²) in [6, 6.07) is 9.49. The largest absolute Gasteiger partial charge is 0.416 e. The van der Waals surface area contributed by atoms with E-state index in [2.05, 4.69) is 25.4 Å². The molecule has 1 unspecified atom stereocenters. The number of rotatable bonds is 8. The fourth-order valence-corrected chi connectivity index (χ4v) is 6.22. The maximum Gasteiger partial charge on any atom is 0.416 e. The minimum absolute atomic E-state index is 0.192. The Morgan fingerprint density at radius 3 is 2.62 bits per heavy atom. The van der Waals surface area contributed by atoms with Crippen molar-refractivity contribution in [2.45, 2.75) is 42.7 Å². The van der Waals surface area contributed by atoms with E-state index in [1.54, 1.807) is 42.2 Å². The first-order chi connectivity index (χ1) is 17.7. The van der Waals surface area contributed by atoms with Crippen molar-refractivity contribution in [2.75, 3.05) is 23.7 Å². The van der Waals surface area contributed by atoms with Crippen molar-refractivity contribution in [1.82, 2.24) is 25.1 Å². The predicted molar refractivity (Wildman–Crippen MR) is 135 cm³/mol. The quantitative estimate of drug-likeness (QED) is 0.337. The van der Waals surface area contributed by atoms with Crippen molar-refractivity contribution in [3.63, 3.8) is 0 Å². The third-order valence-corrected chi connectivity index (χ3v) is 8.25. The number of pyridine rings is 1. The van der Waals surface area contributed by atoms with Gasteiger partial charge in [-0.2, -0.15) is 13.2 Å². The Kier molecular flexibility index (Phi) is 7.13. The molecule has 12 heteroatoms. The van der Waals surface area contributed by atoms with Crippen LogP contribution >= 0.6 is 11.8 Å². The molecule has 3 atom stereocenters. The fraction of sp³-hybridized carbons (Fsp3) is 0.440. The van der Waals surface area contributed by atoms with E-state index in [0.717, 1.165) is 54.5 Å². The summed E-state index contributed by atoms with van der Waals surface area (Å²) < 4.78 is 41.0. The molecule has 1 aromatic carbocycles. The molecule has 37 heavy (non-hydrogen) atoms. The van der Waals surface area contributed by atoms with Gasteiger partial charge in [0, 0.05) is 55.4 Å². The van der Waals surface area contributed by atoms with Crippen LogP contribution in [-0.2, 0) is 13.2 Å². The molecule has 4 heterocycles. The molecule has 0 aliphatic carbocycles. The van der Waals surface area contributed by atoms with Crippen LogP contribution in [0.2, 0.25) is 0 Å². The zero-order valence-corrected chi connectivity index (χ0v) is 21.1. The van der Waals surface area contributed by atoms with E-state index in [1.807, 2.05) is 11.6 Å². The second-order valence-electron chi connectivity index (χ2n) is 9.48. The molecule has 2 aliphatic heterocycles. The Hall–Kier alpha value is -3.12. The number of benzene rings is 1. The number of anilines is 1. The van der Waals surface area contributed by atoms with Crippen molar-refractivity contribution >= 4 is 23.4 Å². The van der Waals surface area contributed by atoms with E-state index in [1.165, 1.54) is 12.1 Å². The Bertz CT molecular complexity index is 1250. The van der Waals surface area contributed by atoms with Crippen LogP contribution in [0.5, 0.6) is 0 Å². The standard InChI is InChI=1S/C25H28F3N7OS/c1-34-23(15-4-9-20(22(29)36)31-13-15)32-33-24(34)37-10-2-3-19-11-16-12-30-14-21(16)35(19)18-7-5-17(6-8-18)25(26,27)28/h4-9,13,16,19,21,30H,2-3,10-12,14H2,1H3,(H2,29,36)/t16-,19?,21+/m0/s1. The first-order valence-electron chi connectivity index (χ1n) is 12.2. The number of carbonyl (C=O) groups excluding carboxylic acids is 1. The molecule has 2 aromatic heterocycles. The van der Waals surface area contributed by atoms with Crippen LogP contribution in [0.3, 0.4) is 0 Å². The summed E-state index contributed by atoms with van der Waals surface area (Å²) in [4.78, 5) is 17.6. The van der Waals surface area contributed by atoms with Crippen LogP contribution < -0.4 is 16.0 Å². The van der Waals surface area contributed by atoms with Gasteiger partial charge in [-0.15, -0.1) is 10.2 Å². The minimum atomic E-state index is -4.33. The Balaban J connectivity index is 1.20. The van der Waals surface area contributed by atoms with Gasteiger partial charge in [0.1, 0.15) is 5.69 Å². The van der Waals surface area contributed by atoms with E-state index < -0.39 is 17.6 Å². The number of amides is 1. The summed E-state index contributed by atoms with van der Waals surface area (Å²) in [6.07, 6.45) is 0.146. The van der Waals surface area contributed by atoms with Gasteiger partial charge >= 0.3 is 6.18 Å². The average molecular weight is 532 g/mol. The lowest BCUT2D eigenvalue weighted by Crippen LogP contribution is -2.39. The van der Waals surface area contributed by atoms with Crippen LogP contribution in [-0.4, -0.2) is 56.6 Å². The van der Waals surface area contributed by atoms with Gasteiger partial charge in [-0.3, -0.25) is 9.78 Å². The first kappa shape index (κ1) is 25.5. The van der Waals surface area contributed by atoms with E-state index in [-0.39, 0.29) is 5.69 Å². The molecule has 3 aromatic rings. The molecule has 3 N–H and O–H groups in total. The minimum Gasteiger partial charge on any atom is -0.364 e. The Morgan fingerprint density at radius 1 is 1.16 bits per heavy atom. The third-order valence-electron chi connectivity index (χ3n) is 7.14. The van der Waals surface area contributed by atoms with Gasteiger partial charge in [-0.25, -0.2) is 0 Å². The summed E-state index contributed by atoms with van der Waals surface area (Å²) in [5.41, 5.74) is 6.43. The van der Waals surface area contributed by atoms with Gasteiger partial charge in [0.05, 0.1) is 5.56 Å². The highest BCUT2D eigenvalue weighted by atomic mass is 32.2. The van der Waals surface area contributed by atoms with Crippen LogP contribution in [0.1, 0.15) is 35.3 Å². The first-order valence-corrected chi connectivity index (χ1v) is 13.2. The summed E-state index contributed by atoms with van der Waals surface area (Å²) in [5.74, 6) is 1.42. The molecule has 2 fully saturated rings. The number of nitrogens with two attached hydrogens (primary N) is 1. The number of aromatic nitrogens is 4. The number of halogens is 3. The summed E-state index contributed by atoms with van der Waals surface area (Å²) >= 11 is 1.62. The monoisotopic (exact) mass is 531 g/mol. The van der Waals surface area contributed by atoms with Crippen LogP contribution in [0.25, 0.3) is 11.4 Å². The molecule has 8 nitrogen and oxygen atoms in total. The number of thioether (sulfide) groups is 1. The third kappa shape index (κ3) is 5.30. The number of hydrogen-bond donors (Lipinski definition) is 2. The highest BCUT2D eigenvalue weighted by molar-refractivity contribution is 7.99.